The van der Waals surface area contributed by atoms with Crippen LogP contribution >= 0.6 is 11.6 Å². The Kier molecular flexibility index (Phi) is 6.93. The van der Waals surface area contributed by atoms with Crippen LogP contribution < -0.4 is 10.3 Å². The van der Waals surface area contributed by atoms with Gasteiger partial charge in [0.05, 0.1) is 6.61 Å². The molecule has 1 N–H and O–H groups in total. The lowest BCUT2D eigenvalue weighted by Gasteiger charge is -2.32. The first-order chi connectivity index (χ1) is 13.1. The number of hydrogen-bond donors (Lipinski definition) is 1. The topological polar surface area (TPSA) is 62.4 Å². The van der Waals surface area contributed by atoms with Crippen LogP contribution in [0, 0.1) is 5.92 Å². The van der Waals surface area contributed by atoms with Gasteiger partial charge in [0, 0.05) is 36.8 Å². The molecule has 0 bridgehead atoms. The molecule has 1 aliphatic rings. The van der Waals surface area contributed by atoms with Crippen LogP contribution in [0.1, 0.15) is 31.2 Å². The number of H-pyrrole nitrogens is 1. The monoisotopic (exact) mass is 388 g/mol. The van der Waals surface area contributed by atoms with Crippen molar-refractivity contribution in [1.82, 2.24) is 9.88 Å². The number of rotatable bonds is 7. The molecule has 1 aliphatic heterocycles. The number of carbonyl (C=O) groups excluding carboxylic acids is 1. The van der Waals surface area contributed by atoms with Crippen molar-refractivity contribution in [3.05, 3.63) is 63.5 Å². The number of pyridine rings is 1. The summed E-state index contributed by atoms with van der Waals surface area (Å²) in [6.45, 7) is 2.13. The smallest absolute Gasteiger partial charge is 0.248 e. The predicted molar refractivity (Wildman–Crippen MR) is 106 cm³/mol. The Morgan fingerprint density at radius 1 is 1.15 bits per heavy atom. The molecule has 3 rings (SSSR count). The predicted octanol–water partition coefficient (Wildman–Crippen LogP) is 3.67. The number of halogens is 1. The lowest BCUT2D eigenvalue weighted by atomic mass is 9.90. The zero-order valence-corrected chi connectivity index (χ0v) is 16.1. The summed E-state index contributed by atoms with van der Waals surface area (Å²) < 4.78 is 5.54. The summed E-state index contributed by atoms with van der Waals surface area (Å²) in [6, 6.07) is 11.1. The van der Waals surface area contributed by atoms with E-state index in [-0.39, 0.29) is 11.5 Å². The van der Waals surface area contributed by atoms with E-state index in [9.17, 15) is 9.59 Å². The number of carbonyl (C=O) groups is 1. The van der Waals surface area contributed by atoms with E-state index in [2.05, 4.69) is 17.1 Å². The molecule has 0 spiro atoms. The minimum atomic E-state index is -0.156. The number of benzene rings is 1. The maximum Gasteiger partial charge on any atom is 0.248 e. The van der Waals surface area contributed by atoms with E-state index < -0.39 is 0 Å². The van der Waals surface area contributed by atoms with Crippen LogP contribution in [-0.4, -0.2) is 35.5 Å². The van der Waals surface area contributed by atoms with Gasteiger partial charge >= 0.3 is 0 Å². The highest BCUT2D eigenvalue weighted by atomic mass is 35.5. The molecule has 1 amide bonds. The Bertz CT molecular complexity index is 775. The van der Waals surface area contributed by atoms with Gasteiger partial charge in [-0.25, -0.2) is 0 Å². The number of nitrogens with zero attached hydrogens (tertiary/aromatic N) is 1. The maximum atomic E-state index is 12.4. The van der Waals surface area contributed by atoms with Crippen LogP contribution in [-0.2, 0) is 11.2 Å². The Hall–Kier alpha value is -2.27. The van der Waals surface area contributed by atoms with Gasteiger partial charge in [0.1, 0.15) is 5.75 Å². The zero-order valence-electron chi connectivity index (χ0n) is 15.3. The lowest BCUT2D eigenvalue weighted by molar-refractivity contribution is -0.132. The van der Waals surface area contributed by atoms with Gasteiger partial charge in [-0.15, -0.1) is 0 Å². The van der Waals surface area contributed by atoms with Crippen molar-refractivity contribution in [2.24, 2.45) is 5.92 Å². The molecular weight excluding hydrogens is 364 g/mol. The highest BCUT2D eigenvalue weighted by Gasteiger charge is 2.22. The van der Waals surface area contributed by atoms with E-state index in [0.717, 1.165) is 37.4 Å². The number of hydrogen-bond acceptors (Lipinski definition) is 3. The molecule has 2 aromatic rings. The molecule has 1 aromatic heterocycles. The molecule has 0 radical (unpaired) electrons. The lowest BCUT2D eigenvalue weighted by Crippen LogP contribution is -2.38. The van der Waals surface area contributed by atoms with Gasteiger partial charge in [-0.05, 0) is 55.4 Å². The molecular formula is C21H25ClN2O3. The first-order valence-corrected chi connectivity index (χ1v) is 9.82. The second-order valence-electron chi connectivity index (χ2n) is 7.00. The average Bonchev–Trinajstić information content (AvgIpc) is 2.69. The van der Waals surface area contributed by atoms with Crippen LogP contribution in [0.2, 0.25) is 5.02 Å². The third-order valence-corrected chi connectivity index (χ3v) is 5.22. The molecule has 144 valence electrons. The molecule has 5 nitrogen and oxygen atoms in total. The summed E-state index contributed by atoms with van der Waals surface area (Å²) in [5.74, 6) is 1.44. The maximum absolute atomic E-state index is 12.4. The summed E-state index contributed by atoms with van der Waals surface area (Å²) in [5, 5.41) is 0.767. The van der Waals surface area contributed by atoms with E-state index in [4.69, 9.17) is 16.3 Å². The van der Waals surface area contributed by atoms with Gasteiger partial charge in [-0.2, -0.15) is 0 Å². The van der Waals surface area contributed by atoms with Crippen LogP contribution in [0.25, 0.3) is 0 Å². The number of piperidine rings is 1. The molecule has 27 heavy (non-hydrogen) atoms. The zero-order chi connectivity index (χ0) is 19.1. The van der Waals surface area contributed by atoms with Crippen molar-refractivity contribution in [3.8, 4) is 5.75 Å². The molecule has 2 heterocycles. The standard InChI is InChI=1S/C21H25ClN2O3/c22-18-5-3-16(4-6-18)14-17-9-11-24(12-10-17)21(26)2-1-13-27-19-7-8-20(25)23-15-19/h3-8,15,17H,1-2,9-14H2,(H,23,25). The summed E-state index contributed by atoms with van der Waals surface area (Å²) in [4.78, 5) is 27.9. The first kappa shape index (κ1) is 19.5. The minimum absolute atomic E-state index is 0.156. The Morgan fingerprint density at radius 3 is 2.56 bits per heavy atom. The highest BCUT2D eigenvalue weighted by Crippen LogP contribution is 2.23. The fourth-order valence-electron chi connectivity index (χ4n) is 3.40. The van der Waals surface area contributed by atoms with Gasteiger partial charge in [0.2, 0.25) is 11.5 Å². The van der Waals surface area contributed by atoms with Gasteiger partial charge < -0.3 is 14.6 Å². The second kappa shape index (κ2) is 9.60. The molecule has 1 saturated heterocycles. The van der Waals surface area contributed by atoms with Crippen LogP contribution in [0.4, 0.5) is 0 Å². The van der Waals surface area contributed by atoms with Gasteiger partial charge in [0.15, 0.2) is 0 Å². The van der Waals surface area contributed by atoms with Crippen molar-refractivity contribution in [1.29, 1.82) is 0 Å². The molecule has 1 fully saturated rings. The normalized spacial score (nSPS) is 14.9. The third-order valence-electron chi connectivity index (χ3n) is 4.96. The van der Waals surface area contributed by atoms with E-state index in [1.165, 1.54) is 17.8 Å². The summed E-state index contributed by atoms with van der Waals surface area (Å²) >= 11 is 5.93. The van der Waals surface area contributed by atoms with E-state index in [1.807, 2.05) is 17.0 Å². The number of likely N-dealkylation sites (tertiary alicyclic amines) is 1. The van der Waals surface area contributed by atoms with Crippen molar-refractivity contribution >= 4 is 17.5 Å². The Labute approximate surface area is 164 Å². The van der Waals surface area contributed by atoms with Crippen LogP contribution in [0.3, 0.4) is 0 Å². The molecule has 0 saturated carbocycles. The van der Waals surface area contributed by atoms with E-state index >= 15 is 0 Å². The van der Waals surface area contributed by atoms with E-state index in [1.54, 1.807) is 6.07 Å². The fourth-order valence-corrected chi connectivity index (χ4v) is 3.52. The van der Waals surface area contributed by atoms with Crippen LogP contribution in [0.5, 0.6) is 5.75 Å². The number of aromatic amines is 1. The molecule has 6 heteroatoms. The van der Waals surface area contributed by atoms with Gasteiger partial charge in [-0.1, -0.05) is 23.7 Å². The van der Waals surface area contributed by atoms with Crippen molar-refractivity contribution in [2.75, 3.05) is 19.7 Å². The van der Waals surface area contributed by atoms with E-state index in [0.29, 0.717) is 31.1 Å². The van der Waals surface area contributed by atoms with Crippen molar-refractivity contribution < 1.29 is 9.53 Å². The molecule has 0 atom stereocenters. The number of amides is 1. The second-order valence-corrected chi connectivity index (χ2v) is 7.43. The highest BCUT2D eigenvalue weighted by molar-refractivity contribution is 6.30. The van der Waals surface area contributed by atoms with Crippen LogP contribution in [0.15, 0.2) is 47.4 Å². The average molecular weight is 389 g/mol. The third kappa shape index (κ3) is 6.14. The Morgan fingerprint density at radius 2 is 1.89 bits per heavy atom. The minimum Gasteiger partial charge on any atom is -0.492 e. The molecule has 0 unspecified atom stereocenters. The summed E-state index contributed by atoms with van der Waals surface area (Å²) in [5.41, 5.74) is 1.15. The van der Waals surface area contributed by atoms with Crippen molar-refractivity contribution in [2.45, 2.75) is 32.1 Å². The Balaban J connectivity index is 1.33. The largest absolute Gasteiger partial charge is 0.492 e. The molecule has 1 aromatic carbocycles. The molecule has 0 aliphatic carbocycles. The number of nitrogens with one attached hydrogen (secondary N) is 1. The first-order valence-electron chi connectivity index (χ1n) is 9.44. The number of ether oxygens (including phenoxy) is 1. The summed E-state index contributed by atoms with van der Waals surface area (Å²) in [6.07, 6.45) is 5.83. The summed E-state index contributed by atoms with van der Waals surface area (Å²) in [7, 11) is 0. The van der Waals surface area contributed by atoms with Crippen molar-refractivity contribution in [3.63, 3.8) is 0 Å². The van der Waals surface area contributed by atoms with Gasteiger partial charge in [-0.3, -0.25) is 9.59 Å². The SMILES string of the molecule is O=C(CCCOc1ccc(=O)[nH]c1)N1CCC(Cc2ccc(Cl)cc2)CC1. The number of aromatic nitrogens is 1. The fraction of sp³-hybridized carbons (Fsp3) is 0.429. The van der Waals surface area contributed by atoms with Gasteiger partial charge in [0.25, 0.3) is 0 Å². The quantitative estimate of drug-likeness (QED) is 0.736.